The first kappa shape index (κ1) is 11.8. The van der Waals surface area contributed by atoms with Crippen molar-refractivity contribution in [1.82, 2.24) is 9.78 Å². The Hall–Kier alpha value is -1.65. The highest BCUT2D eigenvalue weighted by Gasteiger charge is 2.48. The summed E-state index contributed by atoms with van der Waals surface area (Å²) in [4.78, 5) is 23.5. The molecule has 1 saturated heterocycles. The molecule has 17 heavy (non-hydrogen) atoms. The van der Waals surface area contributed by atoms with Gasteiger partial charge in [-0.1, -0.05) is 0 Å². The number of Topliss-reactive ketones (excluding diaryl/α,β-unsaturated/α-hetero) is 1. The first-order valence-electron chi connectivity index (χ1n) is 5.78. The van der Waals surface area contributed by atoms with Crippen molar-refractivity contribution < 1.29 is 14.3 Å². The van der Waals surface area contributed by atoms with Crippen LogP contribution in [0.4, 0.5) is 0 Å². The van der Waals surface area contributed by atoms with Crippen molar-refractivity contribution in [2.24, 2.45) is 5.41 Å². The predicted octanol–water partition coefficient (Wildman–Crippen LogP) is 0.968. The number of nitrogens with zero attached hydrogens (tertiary/aromatic N) is 2. The Kier molecular flexibility index (Phi) is 3.00. The van der Waals surface area contributed by atoms with Gasteiger partial charge in [0.1, 0.15) is 11.2 Å². The van der Waals surface area contributed by atoms with Gasteiger partial charge in [0.25, 0.3) is 0 Å². The van der Waals surface area contributed by atoms with Crippen LogP contribution < -0.4 is 0 Å². The number of ether oxygens (including phenoxy) is 1. The summed E-state index contributed by atoms with van der Waals surface area (Å²) in [6.45, 7) is 4.55. The maximum Gasteiger partial charge on any atom is 0.320 e. The normalized spacial score (nSPS) is 23.8. The van der Waals surface area contributed by atoms with Crippen LogP contribution in [0, 0.1) is 5.41 Å². The quantitative estimate of drug-likeness (QED) is 0.577. The third kappa shape index (κ3) is 1.97. The summed E-state index contributed by atoms with van der Waals surface area (Å²) in [5.74, 6) is -0.515. The van der Waals surface area contributed by atoms with Crippen molar-refractivity contribution >= 4 is 11.8 Å². The number of aromatic nitrogens is 2. The molecule has 5 nitrogen and oxygen atoms in total. The smallest absolute Gasteiger partial charge is 0.320 e. The minimum absolute atomic E-state index is 0.121. The van der Waals surface area contributed by atoms with Crippen LogP contribution in [0.1, 0.15) is 25.8 Å². The molecule has 1 fully saturated rings. The Morgan fingerprint density at radius 1 is 1.65 bits per heavy atom. The fourth-order valence-electron chi connectivity index (χ4n) is 2.18. The van der Waals surface area contributed by atoms with E-state index in [2.05, 4.69) is 5.10 Å². The monoisotopic (exact) mass is 236 g/mol. The summed E-state index contributed by atoms with van der Waals surface area (Å²) in [6, 6.07) is 0. The maximum absolute atomic E-state index is 11.7. The van der Waals surface area contributed by atoms with Crippen LogP contribution in [0.15, 0.2) is 12.4 Å². The molecule has 5 heteroatoms. The second-order valence-electron chi connectivity index (χ2n) is 4.41. The van der Waals surface area contributed by atoms with E-state index in [9.17, 15) is 9.59 Å². The summed E-state index contributed by atoms with van der Waals surface area (Å²) in [7, 11) is 0. The molecule has 0 aromatic carbocycles. The van der Waals surface area contributed by atoms with E-state index in [0.29, 0.717) is 19.4 Å². The Labute approximate surface area is 99.8 Å². The number of aryl methyl sites for hydroxylation is 1. The van der Waals surface area contributed by atoms with Gasteiger partial charge in [0.15, 0.2) is 0 Å². The van der Waals surface area contributed by atoms with Crippen molar-refractivity contribution in [2.45, 2.75) is 33.2 Å². The zero-order valence-corrected chi connectivity index (χ0v) is 10.1. The minimum atomic E-state index is -0.985. The molecule has 1 unspecified atom stereocenters. The first-order chi connectivity index (χ1) is 8.08. The number of hydrogen-bond donors (Lipinski definition) is 0. The lowest BCUT2D eigenvalue weighted by Gasteiger charge is -2.20. The van der Waals surface area contributed by atoms with Gasteiger partial charge in [-0.2, -0.15) is 5.10 Å². The maximum atomic E-state index is 11.7. The first-order valence-corrected chi connectivity index (χ1v) is 5.78. The molecule has 0 bridgehead atoms. The molecule has 0 amide bonds. The van der Waals surface area contributed by atoms with Gasteiger partial charge in [-0.15, -0.1) is 0 Å². The minimum Gasteiger partial charge on any atom is -0.465 e. The highest BCUT2D eigenvalue weighted by molar-refractivity contribution is 6.04. The zero-order chi connectivity index (χ0) is 12.5. The fourth-order valence-corrected chi connectivity index (χ4v) is 2.18. The van der Waals surface area contributed by atoms with Crippen molar-refractivity contribution in [3.63, 3.8) is 0 Å². The van der Waals surface area contributed by atoms with Gasteiger partial charge in [-0.25, -0.2) is 0 Å². The molecule has 2 heterocycles. The molecule has 1 aromatic heterocycles. The highest BCUT2D eigenvalue weighted by atomic mass is 16.5. The van der Waals surface area contributed by atoms with Gasteiger partial charge in [0.2, 0.25) is 0 Å². The Morgan fingerprint density at radius 3 is 2.88 bits per heavy atom. The summed E-state index contributed by atoms with van der Waals surface area (Å²) >= 11 is 0. The average Bonchev–Trinajstić information content (AvgIpc) is 2.88. The number of carbonyl (C=O) groups excluding carboxylic acids is 2. The lowest BCUT2D eigenvalue weighted by Crippen LogP contribution is -2.36. The lowest BCUT2D eigenvalue weighted by atomic mass is 9.78. The van der Waals surface area contributed by atoms with E-state index in [0.717, 1.165) is 12.1 Å². The zero-order valence-electron chi connectivity index (χ0n) is 10.1. The lowest BCUT2D eigenvalue weighted by molar-refractivity contribution is -0.150. The average molecular weight is 236 g/mol. The largest absolute Gasteiger partial charge is 0.465 e. The summed E-state index contributed by atoms with van der Waals surface area (Å²) in [5, 5.41) is 4.15. The Balaban J connectivity index is 2.24. The molecule has 2 rings (SSSR count). The van der Waals surface area contributed by atoms with Crippen LogP contribution in [0.2, 0.25) is 0 Å². The number of rotatable bonds is 4. The summed E-state index contributed by atoms with van der Waals surface area (Å²) in [6.07, 6.45) is 4.44. The molecule has 1 aromatic rings. The molecular formula is C12H16N2O3. The second kappa shape index (κ2) is 4.31. The van der Waals surface area contributed by atoms with Gasteiger partial charge in [0.05, 0.1) is 12.8 Å². The van der Waals surface area contributed by atoms with Gasteiger partial charge in [-0.05, 0) is 25.8 Å². The van der Waals surface area contributed by atoms with Crippen LogP contribution in [-0.2, 0) is 27.3 Å². The number of esters is 1. The Bertz CT molecular complexity index is 452. The third-order valence-electron chi connectivity index (χ3n) is 3.34. The van der Waals surface area contributed by atoms with E-state index in [-0.39, 0.29) is 5.78 Å². The predicted molar refractivity (Wildman–Crippen MR) is 60.3 cm³/mol. The van der Waals surface area contributed by atoms with Crippen LogP contribution in [0.5, 0.6) is 0 Å². The second-order valence-corrected chi connectivity index (χ2v) is 4.41. The van der Waals surface area contributed by atoms with E-state index in [4.69, 9.17) is 4.74 Å². The number of hydrogen-bond acceptors (Lipinski definition) is 4. The van der Waals surface area contributed by atoms with E-state index in [1.165, 1.54) is 6.92 Å². The molecule has 92 valence electrons. The van der Waals surface area contributed by atoms with Crippen molar-refractivity contribution in [2.75, 3.05) is 6.61 Å². The van der Waals surface area contributed by atoms with Crippen LogP contribution in [-0.4, -0.2) is 28.1 Å². The molecule has 0 aliphatic carbocycles. The molecule has 1 aliphatic heterocycles. The number of ketones is 1. The topological polar surface area (TPSA) is 61.2 Å². The van der Waals surface area contributed by atoms with E-state index < -0.39 is 11.4 Å². The van der Waals surface area contributed by atoms with Gasteiger partial charge in [-0.3, -0.25) is 14.3 Å². The van der Waals surface area contributed by atoms with E-state index in [1.807, 2.05) is 13.1 Å². The standard InChI is InChI=1S/C12H16N2O3/c1-3-14-8-10(7-13-14)6-12(9(2)15)4-5-17-11(12)16/h7-8H,3-6H2,1-2H3. The van der Waals surface area contributed by atoms with Crippen LogP contribution in [0.25, 0.3) is 0 Å². The molecule has 1 atom stereocenters. The summed E-state index contributed by atoms with van der Waals surface area (Å²) < 4.78 is 6.73. The fraction of sp³-hybridized carbons (Fsp3) is 0.583. The van der Waals surface area contributed by atoms with E-state index in [1.54, 1.807) is 10.9 Å². The van der Waals surface area contributed by atoms with Crippen LogP contribution in [0.3, 0.4) is 0 Å². The Morgan fingerprint density at radius 2 is 2.41 bits per heavy atom. The van der Waals surface area contributed by atoms with Gasteiger partial charge in [0, 0.05) is 19.2 Å². The molecule has 0 saturated carbocycles. The van der Waals surface area contributed by atoms with E-state index >= 15 is 0 Å². The van der Waals surface area contributed by atoms with Gasteiger partial charge >= 0.3 is 5.97 Å². The van der Waals surface area contributed by atoms with Crippen molar-refractivity contribution in [3.05, 3.63) is 18.0 Å². The van der Waals surface area contributed by atoms with Crippen LogP contribution >= 0.6 is 0 Å². The molecule has 1 aliphatic rings. The molecule has 0 spiro atoms. The van der Waals surface area contributed by atoms with Crippen molar-refractivity contribution in [1.29, 1.82) is 0 Å². The molecule has 0 N–H and O–H groups in total. The molecular weight excluding hydrogens is 220 g/mol. The SMILES string of the molecule is CCn1cc(CC2(C(C)=O)CCOC2=O)cn1. The van der Waals surface area contributed by atoms with Crippen molar-refractivity contribution in [3.8, 4) is 0 Å². The summed E-state index contributed by atoms with van der Waals surface area (Å²) in [5.41, 5.74) is -0.0809. The van der Waals surface area contributed by atoms with Gasteiger partial charge < -0.3 is 4.74 Å². The highest BCUT2D eigenvalue weighted by Crippen LogP contribution is 2.34. The number of cyclic esters (lactones) is 1. The molecule has 0 radical (unpaired) electrons. The number of carbonyl (C=O) groups is 2. The third-order valence-corrected chi connectivity index (χ3v) is 3.34.